The molecule has 18 heavy (non-hydrogen) atoms. The number of Topliss-reactive ketones (excluding diaryl/α,β-unsaturated/α-hetero) is 1. The van der Waals surface area contributed by atoms with Crippen LogP contribution in [0.5, 0.6) is 0 Å². The van der Waals surface area contributed by atoms with E-state index in [-0.39, 0.29) is 24.5 Å². The summed E-state index contributed by atoms with van der Waals surface area (Å²) in [6, 6.07) is 5.61. The topological polar surface area (TPSA) is 72.2 Å². The van der Waals surface area contributed by atoms with E-state index < -0.39 is 0 Å². The van der Waals surface area contributed by atoms with Crippen molar-refractivity contribution in [3.05, 3.63) is 29.3 Å². The molecule has 2 rings (SSSR count). The normalized spacial score (nSPS) is 14.3. The van der Waals surface area contributed by atoms with Crippen molar-refractivity contribution < 1.29 is 9.59 Å². The van der Waals surface area contributed by atoms with E-state index in [0.29, 0.717) is 17.3 Å². The van der Waals surface area contributed by atoms with Crippen LogP contribution in [0.15, 0.2) is 18.2 Å². The lowest BCUT2D eigenvalue weighted by atomic mass is 10.0. The molecule has 0 radical (unpaired) electrons. The number of hydrogen-bond donors (Lipinski definition) is 2. The van der Waals surface area contributed by atoms with Crippen LogP contribution in [0, 0.1) is 6.92 Å². The SMILES string of the molecule is Cc1ccc(C(=O)CCC(=O)NC2CC2)cc1N. The van der Waals surface area contributed by atoms with Gasteiger partial charge in [0.2, 0.25) is 5.91 Å². The molecule has 4 nitrogen and oxygen atoms in total. The molecule has 0 heterocycles. The first-order chi connectivity index (χ1) is 8.56. The van der Waals surface area contributed by atoms with Crippen molar-refractivity contribution in [2.75, 3.05) is 5.73 Å². The monoisotopic (exact) mass is 246 g/mol. The van der Waals surface area contributed by atoms with Gasteiger partial charge in [-0.25, -0.2) is 0 Å². The first-order valence-corrected chi connectivity index (χ1v) is 6.25. The van der Waals surface area contributed by atoms with Gasteiger partial charge in [-0.15, -0.1) is 0 Å². The zero-order chi connectivity index (χ0) is 13.1. The van der Waals surface area contributed by atoms with E-state index in [2.05, 4.69) is 5.32 Å². The van der Waals surface area contributed by atoms with Crippen molar-refractivity contribution in [3.63, 3.8) is 0 Å². The first kappa shape index (κ1) is 12.6. The summed E-state index contributed by atoms with van der Waals surface area (Å²) in [6.07, 6.45) is 2.62. The maximum atomic E-state index is 11.9. The minimum Gasteiger partial charge on any atom is -0.398 e. The summed E-state index contributed by atoms with van der Waals surface area (Å²) in [5.74, 6) is -0.0708. The van der Waals surface area contributed by atoms with Gasteiger partial charge >= 0.3 is 0 Å². The smallest absolute Gasteiger partial charge is 0.220 e. The highest BCUT2D eigenvalue weighted by Gasteiger charge is 2.23. The molecule has 1 aliphatic carbocycles. The molecule has 96 valence electrons. The molecule has 1 saturated carbocycles. The van der Waals surface area contributed by atoms with Gasteiger partial charge in [-0.1, -0.05) is 12.1 Å². The van der Waals surface area contributed by atoms with Crippen LogP contribution in [0.3, 0.4) is 0 Å². The maximum absolute atomic E-state index is 11.9. The Labute approximate surface area is 107 Å². The second-order valence-corrected chi connectivity index (χ2v) is 4.84. The number of amides is 1. The predicted octanol–water partition coefficient (Wildman–Crippen LogP) is 1.82. The molecular weight excluding hydrogens is 228 g/mol. The number of nitrogens with two attached hydrogens (primary N) is 1. The molecule has 4 heteroatoms. The first-order valence-electron chi connectivity index (χ1n) is 6.25. The number of nitrogens with one attached hydrogen (secondary N) is 1. The third kappa shape index (κ3) is 3.32. The second-order valence-electron chi connectivity index (χ2n) is 4.84. The molecule has 0 atom stereocenters. The average molecular weight is 246 g/mol. The highest BCUT2D eigenvalue weighted by atomic mass is 16.2. The van der Waals surface area contributed by atoms with Crippen molar-refractivity contribution in [1.29, 1.82) is 0 Å². The fourth-order valence-corrected chi connectivity index (χ4v) is 1.71. The van der Waals surface area contributed by atoms with Gasteiger partial charge in [0, 0.05) is 30.1 Å². The van der Waals surface area contributed by atoms with Gasteiger partial charge < -0.3 is 11.1 Å². The summed E-state index contributed by atoms with van der Waals surface area (Å²) in [6.45, 7) is 1.90. The van der Waals surface area contributed by atoms with Gasteiger partial charge in [0.15, 0.2) is 5.78 Å². The van der Waals surface area contributed by atoms with E-state index in [0.717, 1.165) is 18.4 Å². The summed E-state index contributed by atoms with van der Waals surface area (Å²) in [4.78, 5) is 23.3. The number of carbonyl (C=O) groups excluding carboxylic acids is 2. The lowest BCUT2D eigenvalue weighted by Gasteiger charge is -2.05. The van der Waals surface area contributed by atoms with Crippen molar-refractivity contribution in [2.45, 2.75) is 38.6 Å². The van der Waals surface area contributed by atoms with Gasteiger partial charge in [0.25, 0.3) is 0 Å². The van der Waals surface area contributed by atoms with Gasteiger partial charge in [-0.2, -0.15) is 0 Å². The predicted molar refractivity (Wildman–Crippen MR) is 70.3 cm³/mol. The van der Waals surface area contributed by atoms with E-state index in [1.54, 1.807) is 12.1 Å². The van der Waals surface area contributed by atoms with E-state index in [9.17, 15) is 9.59 Å². The van der Waals surface area contributed by atoms with Crippen LogP contribution in [0.1, 0.15) is 41.6 Å². The molecule has 1 aromatic rings. The minimum absolute atomic E-state index is 0.0346. The van der Waals surface area contributed by atoms with Crippen LogP contribution >= 0.6 is 0 Å². The van der Waals surface area contributed by atoms with Crippen molar-refractivity contribution >= 4 is 17.4 Å². The minimum atomic E-state index is -0.0362. The highest BCUT2D eigenvalue weighted by molar-refractivity contribution is 5.98. The molecule has 0 aromatic heterocycles. The van der Waals surface area contributed by atoms with Gasteiger partial charge in [-0.3, -0.25) is 9.59 Å². The Kier molecular flexibility index (Phi) is 3.65. The van der Waals surface area contributed by atoms with Gasteiger partial charge in [0.05, 0.1) is 0 Å². The van der Waals surface area contributed by atoms with E-state index >= 15 is 0 Å². The van der Waals surface area contributed by atoms with Gasteiger partial charge in [0.1, 0.15) is 0 Å². The summed E-state index contributed by atoms with van der Waals surface area (Å²) in [5.41, 5.74) is 7.91. The lowest BCUT2D eigenvalue weighted by molar-refractivity contribution is -0.121. The van der Waals surface area contributed by atoms with Crippen molar-refractivity contribution in [2.24, 2.45) is 0 Å². The molecule has 1 amide bonds. The molecule has 0 unspecified atom stereocenters. The van der Waals surface area contributed by atoms with Crippen LogP contribution in [0.25, 0.3) is 0 Å². The van der Waals surface area contributed by atoms with Crippen LogP contribution < -0.4 is 11.1 Å². The fourth-order valence-electron chi connectivity index (χ4n) is 1.71. The highest BCUT2D eigenvalue weighted by Crippen LogP contribution is 2.19. The zero-order valence-corrected chi connectivity index (χ0v) is 10.5. The maximum Gasteiger partial charge on any atom is 0.220 e. The van der Waals surface area contributed by atoms with Crippen LogP contribution in [0.4, 0.5) is 5.69 Å². The Morgan fingerprint density at radius 3 is 2.67 bits per heavy atom. The van der Waals surface area contributed by atoms with Crippen molar-refractivity contribution in [3.8, 4) is 0 Å². The van der Waals surface area contributed by atoms with Gasteiger partial charge in [-0.05, 0) is 31.4 Å². The third-order valence-electron chi connectivity index (χ3n) is 3.12. The molecule has 1 aromatic carbocycles. The Morgan fingerprint density at radius 1 is 1.33 bits per heavy atom. The quantitative estimate of drug-likeness (QED) is 0.615. The Bertz CT molecular complexity index is 479. The summed E-state index contributed by atoms with van der Waals surface area (Å²) < 4.78 is 0. The second kappa shape index (κ2) is 5.21. The van der Waals surface area contributed by atoms with E-state index in [4.69, 9.17) is 5.73 Å². The average Bonchev–Trinajstić information content (AvgIpc) is 3.13. The van der Waals surface area contributed by atoms with Crippen LogP contribution in [-0.4, -0.2) is 17.7 Å². The number of aryl methyl sites for hydroxylation is 1. The number of carbonyl (C=O) groups is 2. The number of hydrogen-bond acceptors (Lipinski definition) is 3. The van der Waals surface area contributed by atoms with Crippen LogP contribution in [0.2, 0.25) is 0 Å². The summed E-state index contributed by atoms with van der Waals surface area (Å²) >= 11 is 0. The molecule has 1 aliphatic rings. The molecule has 3 N–H and O–H groups in total. The largest absolute Gasteiger partial charge is 0.398 e. The third-order valence-corrected chi connectivity index (χ3v) is 3.12. The van der Waals surface area contributed by atoms with Crippen LogP contribution in [-0.2, 0) is 4.79 Å². The summed E-state index contributed by atoms with van der Waals surface area (Å²) in [7, 11) is 0. The van der Waals surface area contributed by atoms with E-state index in [1.165, 1.54) is 0 Å². The Balaban J connectivity index is 1.86. The molecule has 0 spiro atoms. The number of nitrogen functional groups attached to an aromatic ring is 1. The Morgan fingerprint density at radius 2 is 2.06 bits per heavy atom. The Hall–Kier alpha value is -1.84. The molecule has 0 bridgehead atoms. The number of rotatable bonds is 5. The number of anilines is 1. The number of ketones is 1. The van der Waals surface area contributed by atoms with E-state index in [1.807, 2.05) is 13.0 Å². The molecule has 0 aliphatic heterocycles. The fraction of sp³-hybridized carbons (Fsp3) is 0.429. The number of benzene rings is 1. The summed E-state index contributed by atoms with van der Waals surface area (Å²) in [5, 5.41) is 2.87. The molecule has 1 fully saturated rings. The molecule has 0 saturated heterocycles. The molecular formula is C14H18N2O2. The zero-order valence-electron chi connectivity index (χ0n) is 10.5. The standard InChI is InChI=1S/C14H18N2O2/c1-9-2-3-10(8-12(9)15)13(17)6-7-14(18)16-11-4-5-11/h2-3,8,11H,4-7,15H2,1H3,(H,16,18). The lowest BCUT2D eigenvalue weighted by Crippen LogP contribution is -2.25. The van der Waals surface area contributed by atoms with Crippen molar-refractivity contribution in [1.82, 2.24) is 5.32 Å².